The molecule has 8 heteroatoms. The zero-order chi connectivity index (χ0) is 15.6. The third-order valence-electron chi connectivity index (χ3n) is 3.52. The van der Waals surface area contributed by atoms with Crippen LogP contribution in [-0.4, -0.2) is 49.8 Å². The Kier molecular flexibility index (Phi) is 4.56. The van der Waals surface area contributed by atoms with Crippen molar-refractivity contribution in [2.45, 2.75) is 17.9 Å². The molecule has 21 heavy (non-hydrogen) atoms. The Hall–Kier alpha value is -1.56. The van der Waals surface area contributed by atoms with Gasteiger partial charge in [0.05, 0.1) is 12.1 Å². The Morgan fingerprint density at radius 1 is 1.24 bits per heavy atom. The molecular formula is C13H15F2N3O2S. The summed E-state index contributed by atoms with van der Waals surface area (Å²) in [5.41, 5.74) is 0. The van der Waals surface area contributed by atoms with E-state index in [0.29, 0.717) is 19.2 Å². The van der Waals surface area contributed by atoms with Crippen molar-refractivity contribution < 1.29 is 17.2 Å². The molecule has 1 fully saturated rings. The number of halogens is 2. The molecule has 0 amide bonds. The van der Waals surface area contributed by atoms with E-state index in [2.05, 4.69) is 6.07 Å². The summed E-state index contributed by atoms with van der Waals surface area (Å²) in [6, 6.07) is 4.15. The number of benzene rings is 1. The van der Waals surface area contributed by atoms with Crippen LogP contribution in [-0.2, 0) is 10.0 Å². The molecule has 1 aliphatic rings. The van der Waals surface area contributed by atoms with Gasteiger partial charge in [0.15, 0.2) is 0 Å². The molecule has 0 spiro atoms. The summed E-state index contributed by atoms with van der Waals surface area (Å²) in [4.78, 5) is 1.19. The second kappa shape index (κ2) is 6.05. The van der Waals surface area contributed by atoms with Gasteiger partial charge in [0.1, 0.15) is 16.5 Å². The molecule has 0 N–H and O–H groups in total. The van der Waals surface area contributed by atoms with Crippen LogP contribution >= 0.6 is 0 Å². The lowest BCUT2D eigenvalue weighted by Crippen LogP contribution is -2.51. The first-order valence-electron chi connectivity index (χ1n) is 6.45. The van der Waals surface area contributed by atoms with Gasteiger partial charge in [-0.3, -0.25) is 4.90 Å². The van der Waals surface area contributed by atoms with E-state index in [4.69, 9.17) is 5.26 Å². The maximum atomic E-state index is 13.7. The van der Waals surface area contributed by atoms with E-state index in [0.717, 1.165) is 16.4 Å². The zero-order valence-electron chi connectivity index (χ0n) is 11.5. The van der Waals surface area contributed by atoms with E-state index in [1.54, 1.807) is 6.92 Å². The molecule has 2 rings (SSSR count). The number of hydrogen-bond acceptors (Lipinski definition) is 4. The van der Waals surface area contributed by atoms with Crippen molar-refractivity contribution in [3.63, 3.8) is 0 Å². The van der Waals surface area contributed by atoms with Crippen LogP contribution in [0.1, 0.15) is 6.92 Å². The summed E-state index contributed by atoms with van der Waals surface area (Å²) in [6.45, 7) is 2.78. The van der Waals surface area contributed by atoms with Crippen LogP contribution in [0.3, 0.4) is 0 Å². The predicted octanol–water partition coefficient (Wildman–Crippen LogP) is 1.18. The van der Waals surface area contributed by atoms with Crippen molar-refractivity contribution in [2.24, 2.45) is 0 Å². The van der Waals surface area contributed by atoms with Crippen LogP contribution in [0.4, 0.5) is 8.78 Å². The highest BCUT2D eigenvalue weighted by molar-refractivity contribution is 7.89. The summed E-state index contributed by atoms with van der Waals surface area (Å²) in [5, 5.41) is 8.84. The standard InChI is InChI=1S/C13H15F2N3O2S/c1-10(9-16)17-4-6-18(7-5-17)21(19,20)13-8-11(14)2-3-12(13)15/h2-3,8,10H,4-7H2,1H3/t10-/m1/s1. The van der Waals surface area contributed by atoms with Gasteiger partial charge in [-0.2, -0.15) is 9.57 Å². The van der Waals surface area contributed by atoms with Crippen LogP contribution in [0.15, 0.2) is 23.1 Å². The van der Waals surface area contributed by atoms with Crippen molar-refractivity contribution in [2.75, 3.05) is 26.2 Å². The molecule has 5 nitrogen and oxygen atoms in total. The van der Waals surface area contributed by atoms with Crippen LogP contribution in [0.2, 0.25) is 0 Å². The molecule has 0 aliphatic carbocycles. The van der Waals surface area contributed by atoms with E-state index in [1.807, 2.05) is 4.90 Å². The fraction of sp³-hybridized carbons (Fsp3) is 0.462. The van der Waals surface area contributed by atoms with Gasteiger partial charge in [0.25, 0.3) is 0 Å². The SMILES string of the molecule is C[C@H](C#N)N1CCN(S(=O)(=O)c2cc(F)ccc2F)CC1. The van der Waals surface area contributed by atoms with Crippen molar-refractivity contribution in [3.05, 3.63) is 29.8 Å². The third-order valence-corrected chi connectivity index (χ3v) is 5.43. The van der Waals surface area contributed by atoms with Gasteiger partial charge >= 0.3 is 0 Å². The maximum absolute atomic E-state index is 13.7. The molecule has 0 radical (unpaired) electrons. The Labute approximate surface area is 122 Å². The highest BCUT2D eigenvalue weighted by atomic mass is 32.2. The molecule has 1 aliphatic heterocycles. The lowest BCUT2D eigenvalue weighted by atomic mass is 10.2. The summed E-state index contributed by atoms with van der Waals surface area (Å²) < 4.78 is 52.6. The van der Waals surface area contributed by atoms with Crippen LogP contribution in [0.25, 0.3) is 0 Å². The van der Waals surface area contributed by atoms with Gasteiger partial charge in [0, 0.05) is 26.2 Å². The number of hydrogen-bond donors (Lipinski definition) is 0. The van der Waals surface area contributed by atoms with E-state index in [-0.39, 0.29) is 19.1 Å². The number of rotatable bonds is 3. The summed E-state index contributed by atoms with van der Waals surface area (Å²) >= 11 is 0. The maximum Gasteiger partial charge on any atom is 0.246 e. The average molecular weight is 315 g/mol. The number of nitriles is 1. The van der Waals surface area contributed by atoms with Gasteiger partial charge in [-0.05, 0) is 25.1 Å². The fourth-order valence-electron chi connectivity index (χ4n) is 2.23. The van der Waals surface area contributed by atoms with Gasteiger partial charge in [-0.15, -0.1) is 0 Å². The van der Waals surface area contributed by atoms with Crippen molar-refractivity contribution in [1.29, 1.82) is 5.26 Å². The van der Waals surface area contributed by atoms with Crippen molar-refractivity contribution >= 4 is 10.0 Å². The fourth-order valence-corrected chi connectivity index (χ4v) is 3.73. The van der Waals surface area contributed by atoms with E-state index >= 15 is 0 Å². The minimum atomic E-state index is -4.06. The van der Waals surface area contributed by atoms with Gasteiger partial charge in [-0.25, -0.2) is 17.2 Å². The average Bonchev–Trinajstić information content (AvgIpc) is 2.49. The number of nitrogens with zero attached hydrogens (tertiary/aromatic N) is 3. The normalized spacial score (nSPS) is 19.1. The van der Waals surface area contributed by atoms with E-state index < -0.39 is 26.6 Å². The topological polar surface area (TPSA) is 64.4 Å². The van der Waals surface area contributed by atoms with Crippen molar-refractivity contribution in [1.82, 2.24) is 9.21 Å². The first-order valence-corrected chi connectivity index (χ1v) is 7.89. The van der Waals surface area contributed by atoms with Crippen LogP contribution in [0, 0.1) is 23.0 Å². The van der Waals surface area contributed by atoms with Crippen LogP contribution < -0.4 is 0 Å². The number of sulfonamides is 1. The minimum Gasteiger partial charge on any atom is -0.286 e. The van der Waals surface area contributed by atoms with Gasteiger partial charge in [-0.1, -0.05) is 0 Å². The lowest BCUT2D eigenvalue weighted by Gasteiger charge is -2.35. The highest BCUT2D eigenvalue weighted by Crippen LogP contribution is 2.22. The monoisotopic (exact) mass is 315 g/mol. The third kappa shape index (κ3) is 3.20. The second-order valence-corrected chi connectivity index (χ2v) is 6.73. The predicted molar refractivity (Wildman–Crippen MR) is 71.8 cm³/mol. The van der Waals surface area contributed by atoms with Crippen LogP contribution in [0.5, 0.6) is 0 Å². The quantitative estimate of drug-likeness (QED) is 0.840. The zero-order valence-corrected chi connectivity index (χ0v) is 12.3. The Balaban J connectivity index is 2.19. The molecule has 0 bridgehead atoms. The first-order chi connectivity index (χ1) is 9.86. The largest absolute Gasteiger partial charge is 0.286 e. The highest BCUT2D eigenvalue weighted by Gasteiger charge is 2.32. The minimum absolute atomic E-state index is 0.143. The molecule has 1 saturated heterocycles. The summed E-state index contributed by atoms with van der Waals surface area (Å²) in [5.74, 6) is -1.77. The summed E-state index contributed by atoms with van der Waals surface area (Å²) in [6.07, 6.45) is 0. The molecule has 1 aromatic rings. The molecule has 0 saturated carbocycles. The Morgan fingerprint density at radius 3 is 2.43 bits per heavy atom. The van der Waals surface area contributed by atoms with E-state index in [9.17, 15) is 17.2 Å². The molecule has 1 atom stereocenters. The first kappa shape index (κ1) is 15.8. The Morgan fingerprint density at radius 2 is 1.86 bits per heavy atom. The smallest absolute Gasteiger partial charge is 0.246 e. The molecule has 0 unspecified atom stereocenters. The van der Waals surface area contributed by atoms with Gasteiger partial charge in [0.2, 0.25) is 10.0 Å². The molecular weight excluding hydrogens is 300 g/mol. The molecule has 114 valence electrons. The number of piperazine rings is 1. The summed E-state index contributed by atoms with van der Waals surface area (Å²) in [7, 11) is -4.06. The van der Waals surface area contributed by atoms with Gasteiger partial charge < -0.3 is 0 Å². The van der Waals surface area contributed by atoms with E-state index in [1.165, 1.54) is 0 Å². The molecule has 1 aromatic carbocycles. The lowest BCUT2D eigenvalue weighted by molar-refractivity contribution is 0.169. The van der Waals surface area contributed by atoms with Crippen molar-refractivity contribution in [3.8, 4) is 6.07 Å². The Bertz CT molecular complexity index is 664. The molecule has 1 heterocycles. The second-order valence-electron chi connectivity index (χ2n) is 4.82. The molecule has 0 aromatic heterocycles.